The number of halogens is 1. The van der Waals surface area contributed by atoms with Crippen molar-refractivity contribution in [1.29, 1.82) is 0 Å². The molecule has 2 unspecified atom stereocenters. The summed E-state index contributed by atoms with van der Waals surface area (Å²) in [6.07, 6.45) is 4.69. The molecular formula is C28H32FN7O3. The van der Waals surface area contributed by atoms with E-state index in [2.05, 4.69) is 44.4 Å². The van der Waals surface area contributed by atoms with Gasteiger partial charge in [-0.15, -0.1) is 0 Å². The third kappa shape index (κ3) is 4.99. The fraction of sp³-hybridized carbons (Fsp3) is 0.429. The maximum absolute atomic E-state index is 14.7. The first kappa shape index (κ1) is 25.4. The fourth-order valence-corrected chi connectivity index (χ4v) is 5.79. The molecule has 2 aromatic carbocycles. The van der Waals surface area contributed by atoms with Crippen molar-refractivity contribution in [2.24, 2.45) is 7.05 Å². The van der Waals surface area contributed by atoms with Crippen LogP contribution in [0.2, 0.25) is 0 Å². The van der Waals surface area contributed by atoms with Gasteiger partial charge in [-0.1, -0.05) is 0 Å². The number of aliphatic hydroxyl groups excluding tert-OH is 1. The van der Waals surface area contributed by atoms with Gasteiger partial charge in [0.15, 0.2) is 5.82 Å². The number of benzene rings is 2. The van der Waals surface area contributed by atoms with Gasteiger partial charge in [-0.05, 0) is 57.4 Å². The average Bonchev–Trinajstić information content (AvgIpc) is 3.47. The van der Waals surface area contributed by atoms with Crippen LogP contribution in [0.1, 0.15) is 43.5 Å². The number of nitrogens with zero attached hydrogens (tertiary/aromatic N) is 5. The number of fused-ring (bicyclic) bond motifs is 2. The van der Waals surface area contributed by atoms with Crippen LogP contribution in [0.5, 0.6) is 6.01 Å². The molecule has 6 rings (SSSR count). The number of anilines is 2. The topological polar surface area (TPSA) is 117 Å². The highest BCUT2D eigenvalue weighted by atomic mass is 19.1. The molecule has 2 aliphatic rings. The monoisotopic (exact) mass is 533 g/mol. The second-order valence-corrected chi connectivity index (χ2v) is 10.7. The molecule has 0 spiro atoms. The van der Waals surface area contributed by atoms with Gasteiger partial charge < -0.3 is 25.4 Å². The number of rotatable bonds is 5. The summed E-state index contributed by atoms with van der Waals surface area (Å²) in [7, 11) is 1.72. The number of piperazine rings is 1. The molecule has 4 aromatic rings. The third-order valence-corrected chi connectivity index (χ3v) is 7.46. The largest absolute Gasteiger partial charge is 0.457 e. The number of carbonyl (C=O) groups is 1. The predicted octanol–water partition coefficient (Wildman–Crippen LogP) is 3.39. The van der Waals surface area contributed by atoms with E-state index in [1.165, 1.54) is 10.7 Å². The minimum atomic E-state index is -0.570. The Morgan fingerprint density at radius 3 is 2.72 bits per heavy atom. The first-order chi connectivity index (χ1) is 18.7. The molecule has 204 valence electrons. The summed E-state index contributed by atoms with van der Waals surface area (Å²) in [5, 5.41) is 22.0. The molecule has 4 atom stereocenters. The Balaban J connectivity index is 1.39. The van der Waals surface area contributed by atoms with Gasteiger partial charge in [0.2, 0.25) is 0 Å². The highest BCUT2D eigenvalue weighted by Crippen LogP contribution is 2.32. The highest BCUT2D eigenvalue weighted by Gasteiger charge is 2.29. The lowest BCUT2D eigenvalue weighted by Crippen LogP contribution is -2.54. The number of ether oxygens (including phenoxy) is 1. The van der Waals surface area contributed by atoms with Crippen LogP contribution in [0.4, 0.5) is 15.8 Å². The van der Waals surface area contributed by atoms with Crippen LogP contribution in [0.15, 0.2) is 36.7 Å². The smallest absolute Gasteiger partial charge is 0.317 e. The summed E-state index contributed by atoms with van der Waals surface area (Å²) in [5.74, 6) is -0.944. The van der Waals surface area contributed by atoms with E-state index in [0.717, 1.165) is 37.0 Å². The van der Waals surface area contributed by atoms with E-state index >= 15 is 0 Å². The van der Waals surface area contributed by atoms with Crippen LogP contribution in [0, 0.1) is 5.82 Å². The summed E-state index contributed by atoms with van der Waals surface area (Å²) in [5.41, 5.74) is 2.24. The maximum Gasteiger partial charge on any atom is 0.317 e. The van der Waals surface area contributed by atoms with Gasteiger partial charge in [-0.3, -0.25) is 9.48 Å². The van der Waals surface area contributed by atoms with Crippen molar-refractivity contribution in [2.75, 3.05) is 23.3 Å². The van der Waals surface area contributed by atoms with E-state index in [-0.39, 0.29) is 29.7 Å². The van der Waals surface area contributed by atoms with Gasteiger partial charge in [0, 0.05) is 66.8 Å². The zero-order valence-corrected chi connectivity index (χ0v) is 22.2. The Labute approximate surface area is 225 Å². The number of hydrogen-bond acceptors (Lipinski definition) is 8. The lowest BCUT2D eigenvalue weighted by molar-refractivity contribution is 0.0544. The summed E-state index contributed by atoms with van der Waals surface area (Å²) < 4.78 is 22.1. The summed E-state index contributed by atoms with van der Waals surface area (Å²) in [6, 6.07) is 7.30. The van der Waals surface area contributed by atoms with Crippen molar-refractivity contribution in [3.05, 3.63) is 48.0 Å². The molecule has 2 fully saturated rings. The summed E-state index contributed by atoms with van der Waals surface area (Å²) in [6.45, 7) is 5.87. The molecule has 39 heavy (non-hydrogen) atoms. The lowest BCUT2D eigenvalue weighted by atomic mass is 10.0. The molecule has 10 nitrogen and oxygen atoms in total. The van der Waals surface area contributed by atoms with Crippen molar-refractivity contribution >= 4 is 39.1 Å². The number of hydrogen-bond donors (Lipinski definition) is 3. The van der Waals surface area contributed by atoms with Gasteiger partial charge in [0.25, 0.3) is 5.91 Å². The Bertz CT molecular complexity index is 1550. The number of carbonyl (C=O) groups excluding carboxylic acids is 1. The van der Waals surface area contributed by atoms with Crippen LogP contribution in [0.25, 0.3) is 21.8 Å². The molecule has 1 saturated heterocycles. The molecule has 1 aliphatic carbocycles. The lowest BCUT2D eigenvalue weighted by Gasteiger charge is -2.38. The molecule has 1 saturated carbocycles. The number of aromatic nitrogens is 4. The minimum Gasteiger partial charge on any atom is -0.457 e. The van der Waals surface area contributed by atoms with Gasteiger partial charge in [0.1, 0.15) is 11.6 Å². The van der Waals surface area contributed by atoms with Crippen molar-refractivity contribution in [3.8, 4) is 6.01 Å². The number of amides is 1. The van der Waals surface area contributed by atoms with Crippen molar-refractivity contribution in [3.63, 3.8) is 0 Å². The van der Waals surface area contributed by atoms with Crippen LogP contribution in [-0.2, 0) is 7.05 Å². The summed E-state index contributed by atoms with van der Waals surface area (Å²) in [4.78, 5) is 24.9. The number of aryl methyl sites for hydroxylation is 1. The van der Waals surface area contributed by atoms with Gasteiger partial charge in [-0.2, -0.15) is 10.1 Å². The second-order valence-electron chi connectivity index (χ2n) is 10.7. The Morgan fingerprint density at radius 1 is 1.18 bits per heavy atom. The van der Waals surface area contributed by atoms with Crippen LogP contribution < -0.4 is 20.3 Å². The van der Waals surface area contributed by atoms with Crippen molar-refractivity contribution in [2.45, 2.75) is 57.4 Å². The van der Waals surface area contributed by atoms with Crippen molar-refractivity contribution in [1.82, 2.24) is 25.1 Å². The highest BCUT2D eigenvalue weighted by molar-refractivity contribution is 6.14. The van der Waals surface area contributed by atoms with Crippen LogP contribution >= 0.6 is 0 Å². The van der Waals surface area contributed by atoms with E-state index in [1.807, 2.05) is 6.07 Å². The minimum absolute atomic E-state index is 0.115. The molecule has 0 bridgehead atoms. The van der Waals surface area contributed by atoms with E-state index in [9.17, 15) is 14.3 Å². The fourth-order valence-electron chi connectivity index (χ4n) is 5.79. The molecular weight excluding hydrogens is 501 g/mol. The van der Waals surface area contributed by atoms with Crippen molar-refractivity contribution < 1.29 is 19.0 Å². The van der Waals surface area contributed by atoms with E-state index in [1.54, 1.807) is 31.6 Å². The molecule has 1 amide bonds. The first-order valence-corrected chi connectivity index (χ1v) is 13.3. The maximum atomic E-state index is 14.7. The molecule has 1 aliphatic heterocycles. The first-order valence-electron chi connectivity index (χ1n) is 13.3. The Morgan fingerprint density at radius 2 is 1.97 bits per heavy atom. The average molecular weight is 534 g/mol. The van der Waals surface area contributed by atoms with Crippen LogP contribution in [-0.4, -0.2) is 68.1 Å². The molecule has 3 N–H and O–H groups in total. The zero-order valence-electron chi connectivity index (χ0n) is 22.2. The standard InChI is InChI=1S/C28H32FN7O3/c1-15-12-36(13-16(2)31-15)22-8-7-19(26-20(22)11-30-28(33-26)39-24-6-4-5-23(24)37)27(38)32-18-9-17-14-35(3)34-25(17)21(29)10-18/h7-11,14-16,23-24,31,37H,4-6,12-13H2,1-3H3,(H,32,38)/t15-,16+,23?,24?. The van der Waals surface area contributed by atoms with Gasteiger partial charge in [0.05, 0.1) is 17.2 Å². The molecule has 11 heteroatoms. The quantitative estimate of drug-likeness (QED) is 0.358. The third-order valence-electron chi connectivity index (χ3n) is 7.46. The Kier molecular flexibility index (Phi) is 6.56. The normalized spacial score (nSPS) is 23.5. The number of nitrogens with one attached hydrogen (secondary N) is 2. The Hall–Kier alpha value is -3.83. The predicted molar refractivity (Wildman–Crippen MR) is 147 cm³/mol. The SMILES string of the molecule is C[C@@H]1CN(c2ccc(C(=O)Nc3cc(F)c4nn(C)cc4c3)c3nc(OC4CCCC4O)ncc23)C[C@H](C)N1. The number of aliphatic hydroxyl groups is 1. The van der Waals surface area contributed by atoms with E-state index in [4.69, 9.17) is 4.74 Å². The van der Waals surface area contributed by atoms with E-state index in [0.29, 0.717) is 28.6 Å². The van der Waals surface area contributed by atoms with Crippen LogP contribution in [0.3, 0.4) is 0 Å². The van der Waals surface area contributed by atoms with E-state index < -0.39 is 17.8 Å². The van der Waals surface area contributed by atoms with Gasteiger partial charge >= 0.3 is 6.01 Å². The summed E-state index contributed by atoms with van der Waals surface area (Å²) >= 11 is 0. The zero-order chi connectivity index (χ0) is 27.3. The molecule has 3 heterocycles. The molecule has 0 radical (unpaired) electrons. The molecule has 2 aromatic heterocycles. The van der Waals surface area contributed by atoms with Gasteiger partial charge in [-0.25, -0.2) is 9.37 Å². The second kappa shape index (κ2) is 10.0.